The summed E-state index contributed by atoms with van der Waals surface area (Å²) in [5.41, 5.74) is 3.95. The molecule has 0 saturated heterocycles. The van der Waals surface area contributed by atoms with Crippen molar-refractivity contribution in [2.24, 2.45) is 7.05 Å². The second-order valence-corrected chi connectivity index (χ2v) is 6.45. The molecule has 1 heterocycles. The molecule has 0 N–H and O–H groups in total. The third-order valence-electron chi connectivity index (χ3n) is 4.47. The van der Waals surface area contributed by atoms with Crippen LogP contribution in [0.4, 0.5) is 0 Å². The van der Waals surface area contributed by atoms with Crippen molar-refractivity contribution in [3.63, 3.8) is 0 Å². The monoisotopic (exact) mass is 345 g/mol. The van der Waals surface area contributed by atoms with Crippen LogP contribution in [-0.4, -0.2) is 4.57 Å². The van der Waals surface area contributed by atoms with Crippen LogP contribution in [0.25, 0.3) is 33.2 Å². The molecule has 0 aliphatic heterocycles. The van der Waals surface area contributed by atoms with Crippen LogP contribution >= 0.6 is 11.6 Å². The van der Waals surface area contributed by atoms with Crippen LogP contribution < -0.4 is 5.56 Å². The summed E-state index contributed by atoms with van der Waals surface area (Å²) >= 11 is 6.26. The van der Waals surface area contributed by atoms with E-state index in [0.717, 1.165) is 27.8 Å². The molecular weight excluding hydrogens is 330 g/mol. The molecule has 1 aromatic heterocycles. The van der Waals surface area contributed by atoms with E-state index in [9.17, 15) is 4.79 Å². The molecule has 25 heavy (non-hydrogen) atoms. The lowest BCUT2D eigenvalue weighted by atomic mass is 9.93. The van der Waals surface area contributed by atoms with Crippen molar-refractivity contribution in [2.75, 3.05) is 0 Å². The lowest BCUT2D eigenvalue weighted by Crippen LogP contribution is -2.19. The quantitative estimate of drug-likeness (QED) is 0.468. The first-order chi connectivity index (χ1) is 12.2. The highest BCUT2D eigenvalue weighted by Gasteiger charge is 2.17. The molecule has 0 amide bonds. The summed E-state index contributed by atoms with van der Waals surface area (Å²) < 4.78 is 1.73. The van der Waals surface area contributed by atoms with Crippen molar-refractivity contribution < 1.29 is 0 Å². The zero-order valence-corrected chi connectivity index (χ0v) is 14.5. The molecule has 2 nitrogen and oxygen atoms in total. The topological polar surface area (TPSA) is 22.0 Å². The van der Waals surface area contributed by atoms with Crippen molar-refractivity contribution in [2.45, 2.75) is 0 Å². The van der Waals surface area contributed by atoms with Crippen LogP contribution in [0.1, 0.15) is 0 Å². The van der Waals surface area contributed by atoms with Gasteiger partial charge in [0.1, 0.15) is 0 Å². The van der Waals surface area contributed by atoms with E-state index in [4.69, 9.17) is 11.6 Å². The molecule has 0 unspecified atom stereocenters. The lowest BCUT2D eigenvalue weighted by Gasteiger charge is -2.18. The minimum absolute atomic E-state index is 0.0230. The molecule has 4 rings (SSSR count). The normalized spacial score (nSPS) is 11.0. The summed E-state index contributed by atoms with van der Waals surface area (Å²) in [7, 11) is 1.82. The Labute approximate surface area is 150 Å². The van der Waals surface area contributed by atoms with Crippen molar-refractivity contribution in [1.29, 1.82) is 0 Å². The maximum atomic E-state index is 12.9. The third kappa shape index (κ3) is 2.65. The molecule has 3 heteroatoms. The van der Waals surface area contributed by atoms with Crippen molar-refractivity contribution in [3.05, 3.63) is 94.2 Å². The highest BCUT2D eigenvalue weighted by Crippen LogP contribution is 2.37. The molecule has 3 aromatic carbocycles. The zero-order chi connectivity index (χ0) is 17.4. The van der Waals surface area contributed by atoms with Gasteiger partial charge in [0.2, 0.25) is 0 Å². The first kappa shape index (κ1) is 15.7. The van der Waals surface area contributed by atoms with Gasteiger partial charge < -0.3 is 4.57 Å². The Kier molecular flexibility index (Phi) is 3.90. The van der Waals surface area contributed by atoms with Gasteiger partial charge in [-0.25, -0.2) is 0 Å². The molecule has 0 atom stereocenters. The third-order valence-corrected chi connectivity index (χ3v) is 4.70. The molecule has 0 fully saturated rings. The zero-order valence-electron chi connectivity index (χ0n) is 13.7. The maximum Gasteiger partial charge on any atom is 0.258 e. The fourth-order valence-electron chi connectivity index (χ4n) is 3.32. The average Bonchev–Trinajstić information content (AvgIpc) is 2.65. The van der Waals surface area contributed by atoms with Crippen LogP contribution in [0.15, 0.2) is 83.7 Å². The van der Waals surface area contributed by atoms with Gasteiger partial charge in [0.15, 0.2) is 0 Å². The number of benzene rings is 3. The van der Waals surface area contributed by atoms with E-state index in [0.29, 0.717) is 10.4 Å². The highest BCUT2D eigenvalue weighted by atomic mass is 35.5. The number of pyridine rings is 1. The second-order valence-electron chi connectivity index (χ2n) is 6.01. The van der Waals surface area contributed by atoms with Gasteiger partial charge in [0.25, 0.3) is 5.56 Å². The molecule has 0 aliphatic carbocycles. The smallest absolute Gasteiger partial charge is 0.258 e. The number of halogens is 1. The van der Waals surface area contributed by atoms with Gasteiger partial charge in [-0.2, -0.15) is 0 Å². The van der Waals surface area contributed by atoms with Crippen LogP contribution in [0.3, 0.4) is 0 Å². The summed E-state index contributed by atoms with van der Waals surface area (Å²) in [4.78, 5) is 12.9. The first-order valence-electron chi connectivity index (χ1n) is 8.10. The molecule has 122 valence electrons. The predicted molar refractivity (Wildman–Crippen MR) is 105 cm³/mol. The predicted octanol–water partition coefficient (Wildman–Crippen LogP) is 5.53. The van der Waals surface area contributed by atoms with E-state index < -0.39 is 0 Å². The molecule has 0 radical (unpaired) electrons. The SMILES string of the molecule is Cn1c(-c2ccccc2)c(-c2ccccc2)c2cc(Cl)ccc2c1=O. The second kappa shape index (κ2) is 6.23. The molecule has 0 bridgehead atoms. The minimum atomic E-state index is -0.0230. The summed E-state index contributed by atoms with van der Waals surface area (Å²) in [6, 6.07) is 25.6. The number of fused-ring (bicyclic) bond motifs is 1. The Morgan fingerprint density at radius 1 is 0.760 bits per heavy atom. The Morgan fingerprint density at radius 2 is 1.36 bits per heavy atom. The maximum absolute atomic E-state index is 12.9. The minimum Gasteiger partial charge on any atom is -0.310 e. The largest absolute Gasteiger partial charge is 0.310 e. The lowest BCUT2D eigenvalue weighted by molar-refractivity contribution is 0.885. The number of hydrogen-bond donors (Lipinski definition) is 0. The van der Waals surface area contributed by atoms with Gasteiger partial charge in [0.05, 0.1) is 5.69 Å². The number of rotatable bonds is 2. The summed E-state index contributed by atoms with van der Waals surface area (Å²) in [5, 5.41) is 2.17. The Hall–Kier alpha value is -2.84. The van der Waals surface area contributed by atoms with Gasteiger partial charge in [-0.3, -0.25) is 4.79 Å². The van der Waals surface area contributed by atoms with Gasteiger partial charge in [-0.1, -0.05) is 72.3 Å². The van der Waals surface area contributed by atoms with Gasteiger partial charge in [-0.05, 0) is 34.7 Å². The van der Waals surface area contributed by atoms with Crippen LogP contribution in [-0.2, 0) is 7.05 Å². The average molecular weight is 346 g/mol. The van der Waals surface area contributed by atoms with Gasteiger partial charge in [0, 0.05) is 23.0 Å². The Bertz CT molecular complexity index is 1120. The van der Waals surface area contributed by atoms with Crippen molar-refractivity contribution in [3.8, 4) is 22.4 Å². The summed E-state index contributed by atoms with van der Waals surface area (Å²) in [5.74, 6) is 0. The molecular formula is C22H16ClNO. The van der Waals surface area contributed by atoms with Crippen LogP contribution in [0, 0.1) is 0 Å². The Balaban J connectivity index is 2.24. The van der Waals surface area contributed by atoms with E-state index in [-0.39, 0.29) is 5.56 Å². The van der Waals surface area contributed by atoms with Crippen LogP contribution in [0.5, 0.6) is 0 Å². The van der Waals surface area contributed by atoms with Crippen LogP contribution in [0.2, 0.25) is 5.02 Å². The van der Waals surface area contributed by atoms with Crippen molar-refractivity contribution in [1.82, 2.24) is 4.57 Å². The summed E-state index contributed by atoms with van der Waals surface area (Å²) in [6.45, 7) is 0. The molecule has 0 saturated carbocycles. The van der Waals surface area contributed by atoms with E-state index in [1.165, 1.54) is 0 Å². The number of hydrogen-bond acceptors (Lipinski definition) is 1. The summed E-state index contributed by atoms with van der Waals surface area (Å²) in [6.07, 6.45) is 0. The first-order valence-corrected chi connectivity index (χ1v) is 8.47. The van der Waals surface area contributed by atoms with Crippen molar-refractivity contribution >= 4 is 22.4 Å². The standard InChI is InChI=1S/C22H16ClNO/c1-24-21(16-10-6-3-7-11-16)20(15-8-4-2-5-9-15)19-14-17(23)12-13-18(19)22(24)25/h2-14H,1H3. The van der Waals surface area contributed by atoms with Gasteiger partial charge in [-0.15, -0.1) is 0 Å². The number of nitrogens with zero attached hydrogens (tertiary/aromatic N) is 1. The van der Waals surface area contributed by atoms with E-state index in [1.54, 1.807) is 16.7 Å². The Morgan fingerprint density at radius 3 is 2.00 bits per heavy atom. The van der Waals surface area contributed by atoms with E-state index >= 15 is 0 Å². The molecule has 0 aliphatic rings. The molecule has 4 aromatic rings. The number of aromatic nitrogens is 1. The van der Waals surface area contributed by atoms with E-state index in [1.807, 2.05) is 61.6 Å². The van der Waals surface area contributed by atoms with Gasteiger partial charge >= 0.3 is 0 Å². The fourth-order valence-corrected chi connectivity index (χ4v) is 3.49. The highest BCUT2D eigenvalue weighted by molar-refractivity contribution is 6.31. The molecule has 0 spiro atoms. The van der Waals surface area contributed by atoms with E-state index in [2.05, 4.69) is 12.1 Å². The fraction of sp³-hybridized carbons (Fsp3) is 0.0455.